The summed E-state index contributed by atoms with van der Waals surface area (Å²) in [5.41, 5.74) is 0. The first-order chi connectivity index (χ1) is 20.4. The van der Waals surface area contributed by atoms with Gasteiger partial charge < -0.3 is 28.9 Å². The van der Waals surface area contributed by atoms with E-state index in [1.807, 2.05) is 81.8 Å². The molecular formula is C29H38NO11P2+. The van der Waals surface area contributed by atoms with Crippen LogP contribution in [0.3, 0.4) is 0 Å². The molecule has 4 aromatic rings. The predicted molar refractivity (Wildman–Crippen MR) is 163 cm³/mol. The Morgan fingerprint density at radius 2 is 0.977 bits per heavy atom. The van der Waals surface area contributed by atoms with Gasteiger partial charge in [0.2, 0.25) is 0 Å². The highest BCUT2D eigenvalue weighted by atomic mass is 31.2. The first-order valence-corrected chi connectivity index (χ1v) is 16.7. The summed E-state index contributed by atoms with van der Waals surface area (Å²) in [5, 5.41) is 14.0. The second-order valence-corrected chi connectivity index (χ2v) is 13.5. The van der Waals surface area contributed by atoms with Gasteiger partial charge in [0.25, 0.3) is 0 Å². The quantitative estimate of drug-likeness (QED) is 0.0629. The number of ether oxygens (including phenoxy) is 2. The van der Waals surface area contributed by atoms with Crippen LogP contribution in [-0.4, -0.2) is 93.3 Å². The van der Waals surface area contributed by atoms with Crippen molar-refractivity contribution in [1.82, 2.24) is 0 Å². The Balaban J connectivity index is 1.53. The fraction of sp³-hybridized carbons (Fsp3) is 0.379. The first kappa shape index (κ1) is 33.3. The SMILES string of the molecule is C[N+](C)(C)CCOP(=O)(O)OCCOc1cc2c3ccccc3c(OCCOP(=O)(O)OCCO)cc2c2ccccc12. The standard InChI is InChI=1S/C29H37NO11P2/c1-30(2,3)12-14-38-42(32,33)40-18-16-36-28-20-26-23-9-5-7-11-25(23)29(21-27(26)22-8-4-6-10-24(22)28)37-17-19-41-43(34,35)39-15-13-31/h4-11,20-21,31H,12-19H2,1-3H3,(H-,32,33,34,35)/p+1. The van der Waals surface area contributed by atoms with E-state index >= 15 is 0 Å². The van der Waals surface area contributed by atoms with E-state index in [9.17, 15) is 18.9 Å². The Bertz CT molecular complexity index is 1640. The van der Waals surface area contributed by atoms with Gasteiger partial charge in [0.1, 0.15) is 37.9 Å². The molecule has 0 aliphatic rings. The van der Waals surface area contributed by atoms with Crippen LogP contribution in [0, 0.1) is 0 Å². The predicted octanol–water partition coefficient (Wildman–Crippen LogP) is 4.87. The van der Waals surface area contributed by atoms with Gasteiger partial charge in [0, 0.05) is 10.8 Å². The average molecular weight is 639 g/mol. The summed E-state index contributed by atoms with van der Waals surface area (Å²) < 4.78 is 56.5. The van der Waals surface area contributed by atoms with Crippen molar-refractivity contribution in [1.29, 1.82) is 0 Å². The highest BCUT2D eigenvalue weighted by molar-refractivity contribution is 7.47. The summed E-state index contributed by atoms with van der Waals surface area (Å²) in [7, 11) is -2.63. The van der Waals surface area contributed by atoms with E-state index in [-0.39, 0.29) is 39.6 Å². The van der Waals surface area contributed by atoms with Gasteiger partial charge in [-0.15, -0.1) is 0 Å². The average Bonchev–Trinajstić information content (AvgIpc) is 2.96. The molecule has 234 valence electrons. The molecule has 0 bridgehead atoms. The third-order valence-corrected chi connectivity index (χ3v) is 8.39. The number of fused-ring (bicyclic) bond motifs is 5. The van der Waals surface area contributed by atoms with Gasteiger partial charge in [-0.05, 0) is 33.7 Å². The molecule has 0 saturated carbocycles. The number of phosphoric ester groups is 2. The monoisotopic (exact) mass is 638 g/mol. The van der Waals surface area contributed by atoms with Gasteiger partial charge in [0.05, 0.1) is 47.6 Å². The molecule has 3 N–H and O–H groups in total. The number of aliphatic hydroxyl groups excluding tert-OH is 1. The topological polar surface area (TPSA) is 150 Å². The van der Waals surface area contributed by atoms with E-state index in [2.05, 4.69) is 4.52 Å². The molecule has 2 atom stereocenters. The Kier molecular flexibility index (Phi) is 11.2. The first-order valence-electron chi connectivity index (χ1n) is 13.7. The maximum Gasteiger partial charge on any atom is 0.472 e. The summed E-state index contributed by atoms with van der Waals surface area (Å²) in [6.07, 6.45) is 0. The Labute approximate surface area is 250 Å². The maximum atomic E-state index is 12.2. The molecule has 0 spiro atoms. The second-order valence-electron chi connectivity index (χ2n) is 10.6. The summed E-state index contributed by atoms with van der Waals surface area (Å²) in [6.45, 7) is -0.436. The third kappa shape index (κ3) is 9.44. The van der Waals surface area contributed by atoms with Crippen molar-refractivity contribution in [3.63, 3.8) is 0 Å². The molecule has 0 radical (unpaired) electrons. The molecule has 2 unspecified atom stereocenters. The lowest BCUT2D eigenvalue weighted by molar-refractivity contribution is -0.870. The van der Waals surface area contributed by atoms with E-state index < -0.39 is 22.3 Å². The molecule has 0 fully saturated rings. The fourth-order valence-corrected chi connectivity index (χ4v) is 5.78. The Morgan fingerprint density at radius 3 is 1.40 bits per heavy atom. The number of aliphatic hydroxyl groups is 1. The van der Waals surface area contributed by atoms with Gasteiger partial charge in [-0.3, -0.25) is 18.1 Å². The van der Waals surface area contributed by atoms with Crippen LogP contribution >= 0.6 is 15.6 Å². The lowest BCUT2D eigenvalue weighted by Crippen LogP contribution is -2.37. The number of quaternary nitrogens is 1. The van der Waals surface area contributed by atoms with Crippen LogP contribution in [0.2, 0.25) is 0 Å². The molecule has 0 aliphatic heterocycles. The van der Waals surface area contributed by atoms with Gasteiger partial charge in [0.15, 0.2) is 0 Å². The number of rotatable bonds is 17. The summed E-state index contributed by atoms with van der Waals surface area (Å²) in [6, 6.07) is 19.2. The van der Waals surface area contributed by atoms with Gasteiger partial charge in [-0.2, -0.15) is 0 Å². The van der Waals surface area contributed by atoms with E-state index in [1.54, 1.807) is 0 Å². The minimum atomic E-state index is -4.29. The molecule has 4 rings (SSSR count). The van der Waals surface area contributed by atoms with Crippen LogP contribution in [0.1, 0.15) is 0 Å². The molecule has 14 heteroatoms. The molecule has 0 amide bonds. The molecule has 0 saturated heterocycles. The zero-order valence-electron chi connectivity index (χ0n) is 24.4. The fourth-order valence-electron chi connectivity index (χ4n) is 4.39. The largest absolute Gasteiger partial charge is 0.490 e. The van der Waals surface area contributed by atoms with E-state index in [4.69, 9.17) is 28.2 Å². The van der Waals surface area contributed by atoms with E-state index in [0.717, 1.165) is 32.3 Å². The highest BCUT2D eigenvalue weighted by Crippen LogP contribution is 2.44. The van der Waals surface area contributed by atoms with Crippen molar-refractivity contribution < 1.29 is 56.1 Å². The van der Waals surface area contributed by atoms with Crippen molar-refractivity contribution in [3.05, 3.63) is 60.7 Å². The van der Waals surface area contributed by atoms with Crippen molar-refractivity contribution >= 4 is 48.0 Å². The molecule has 0 heterocycles. The number of hydrogen-bond donors (Lipinski definition) is 3. The zero-order chi connectivity index (χ0) is 31.1. The van der Waals surface area contributed by atoms with Crippen LogP contribution in [0.15, 0.2) is 60.7 Å². The lowest BCUT2D eigenvalue weighted by Gasteiger charge is -2.24. The normalized spacial score (nSPS) is 15.0. The summed E-state index contributed by atoms with van der Waals surface area (Å²) >= 11 is 0. The van der Waals surface area contributed by atoms with Crippen LogP contribution in [0.5, 0.6) is 11.5 Å². The molecule has 0 aliphatic carbocycles. The number of phosphoric acid groups is 2. The Hall–Kier alpha value is -2.60. The number of likely N-dealkylation sites (N-methyl/N-ethyl adjacent to an activating group) is 1. The number of nitrogens with zero attached hydrogens (tertiary/aromatic N) is 1. The van der Waals surface area contributed by atoms with Crippen LogP contribution in [0.4, 0.5) is 0 Å². The van der Waals surface area contributed by atoms with Gasteiger partial charge in [-0.25, -0.2) is 9.13 Å². The van der Waals surface area contributed by atoms with Crippen LogP contribution < -0.4 is 9.47 Å². The highest BCUT2D eigenvalue weighted by Gasteiger charge is 2.23. The minimum Gasteiger partial charge on any atom is -0.490 e. The summed E-state index contributed by atoms with van der Waals surface area (Å²) in [4.78, 5) is 19.7. The molecule has 0 aromatic heterocycles. The minimum absolute atomic E-state index is 0.0184. The van der Waals surface area contributed by atoms with Crippen LogP contribution in [-0.2, 0) is 27.2 Å². The Morgan fingerprint density at radius 1 is 0.581 bits per heavy atom. The van der Waals surface area contributed by atoms with Crippen molar-refractivity contribution in [2.24, 2.45) is 0 Å². The molecular weight excluding hydrogens is 600 g/mol. The molecule has 4 aromatic carbocycles. The maximum absolute atomic E-state index is 12.2. The van der Waals surface area contributed by atoms with Crippen molar-refractivity contribution in [3.8, 4) is 11.5 Å². The van der Waals surface area contributed by atoms with Crippen molar-refractivity contribution in [2.45, 2.75) is 0 Å². The van der Waals surface area contributed by atoms with Gasteiger partial charge >= 0.3 is 15.6 Å². The number of benzene rings is 4. The smallest absolute Gasteiger partial charge is 0.472 e. The number of hydrogen-bond acceptors (Lipinski definition) is 9. The van der Waals surface area contributed by atoms with Gasteiger partial charge in [-0.1, -0.05) is 48.5 Å². The lowest BCUT2D eigenvalue weighted by atomic mass is 9.96. The third-order valence-electron chi connectivity index (χ3n) is 6.36. The summed E-state index contributed by atoms with van der Waals surface area (Å²) in [5.74, 6) is 1.14. The van der Waals surface area contributed by atoms with Crippen molar-refractivity contribution in [2.75, 3.05) is 73.9 Å². The molecule has 12 nitrogen and oxygen atoms in total. The van der Waals surface area contributed by atoms with Crippen LogP contribution in [0.25, 0.3) is 32.3 Å². The second kappa shape index (κ2) is 14.5. The molecule has 43 heavy (non-hydrogen) atoms. The van der Waals surface area contributed by atoms with E-state index in [0.29, 0.717) is 22.5 Å². The van der Waals surface area contributed by atoms with E-state index in [1.165, 1.54) is 0 Å². The zero-order valence-corrected chi connectivity index (χ0v) is 26.2.